The highest BCUT2D eigenvalue weighted by Crippen LogP contribution is 2.44. The lowest BCUT2D eigenvalue weighted by atomic mass is 9.90. The molecule has 0 bridgehead atoms. The molecule has 0 atom stereocenters. The van der Waals surface area contributed by atoms with Crippen LogP contribution in [0.3, 0.4) is 0 Å². The van der Waals surface area contributed by atoms with Crippen molar-refractivity contribution in [1.29, 1.82) is 0 Å². The highest BCUT2D eigenvalue weighted by molar-refractivity contribution is 5.30. The van der Waals surface area contributed by atoms with Crippen LogP contribution in [0, 0.1) is 13.8 Å². The van der Waals surface area contributed by atoms with Gasteiger partial charge in [-0.1, -0.05) is 29.3 Å². The Morgan fingerprint density at radius 2 is 1.24 bits per heavy atom. The summed E-state index contributed by atoms with van der Waals surface area (Å²) in [5.41, 5.74) is 3.07. The van der Waals surface area contributed by atoms with Gasteiger partial charge in [-0.2, -0.15) is 0 Å². The second-order valence-corrected chi connectivity index (χ2v) is 6.01. The van der Waals surface area contributed by atoms with Gasteiger partial charge in [-0.05, 0) is 41.5 Å². The van der Waals surface area contributed by atoms with Crippen LogP contribution in [-0.4, -0.2) is 11.2 Å². The van der Waals surface area contributed by atoms with Gasteiger partial charge in [0.25, 0.3) is 0 Å². The van der Waals surface area contributed by atoms with Gasteiger partial charge in [-0.15, -0.1) is 0 Å². The summed E-state index contributed by atoms with van der Waals surface area (Å²) in [6.45, 7) is 12.5. The van der Waals surface area contributed by atoms with Crippen LogP contribution in [0.2, 0.25) is 0 Å². The van der Waals surface area contributed by atoms with Crippen molar-refractivity contribution in [2.24, 2.45) is 0 Å². The van der Waals surface area contributed by atoms with Gasteiger partial charge in [0, 0.05) is 5.56 Å². The SMILES string of the molecule is Cc1cc(C)cc(C2OC(C)(C)C(C)(C)O2)c1. The van der Waals surface area contributed by atoms with E-state index in [1.165, 1.54) is 11.1 Å². The minimum Gasteiger partial charge on any atom is -0.339 e. The Morgan fingerprint density at radius 3 is 1.65 bits per heavy atom. The molecule has 0 saturated carbocycles. The summed E-state index contributed by atoms with van der Waals surface area (Å²) in [5.74, 6) is 0. The second-order valence-electron chi connectivity index (χ2n) is 6.01. The molecule has 2 nitrogen and oxygen atoms in total. The quantitative estimate of drug-likeness (QED) is 0.733. The number of hydrogen-bond acceptors (Lipinski definition) is 2. The molecule has 1 saturated heterocycles. The topological polar surface area (TPSA) is 18.5 Å². The molecule has 17 heavy (non-hydrogen) atoms. The number of hydrogen-bond donors (Lipinski definition) is 0. The number of benzene rings is 1. The first-order valence-electron chi connectivity index (χ1n) is 6.15. The molecule has 1 aromatic carbocycles. The molecule has 0 radical (unpaired) electrons. The summed E-state index contributed by atoms with van der Waals surface area (Å²) >= 11 is 0. The summed E-state index contributed by atoms with van der Waals surface area (Å²) in [6, 6.07) is 6.43. The average Bonchev–Trinajstić information content (AvgIpc) is 2.34. The van der Waals surface area contributed by atoms with E-state index in [9.17, 15) is 0 Å². The lowest BCUT2D eigenvalue weighted by Gasteiger charge is -2.30. The smallest absolute Gasteiger partial charge is 0.185 e. The van der Waals surface area contributed by atoms with Gasteiger partial charge in [-0.25, -0.2) is 0 Å². The monoisotopic (exact) mass is 234 g/mol. The van der Waals surface area contributed by atoms with Crippen LogP contribution in [0.25, 0.3) is 0 Å². The van der Waals surface area contributed by atoms with E-state index >= 15 is 0 Å². The van der Waals surface area contributed by atoms with Gasteiger partial charge in [-0.3, -0.25) is 0 Å². The van der Waals surface area contributed by atoms with Crippen LogP contribution < -0.4 is 0 Å². The fourth-order valence-corrected chi connectivity index (χ4v) is 2.13. The summed E-state index contributed by atoms with van der Waals surface area (Å²) in [5, 5.41) is 0. The maximum Gasteiger partial charge on any atom is 0.185 e. The average molecular weight is 234 g/mol. The Labute approximate surface area is 104 Å². The maximum absolute atomic E-state index is 6.04. The van der Waals surface area contributed by atoms with Crippen LogP contribution >= 0.6 is 0 Å². The Hall–Kier alpha value is -0.860. The van der Waals surface area contributed by atoms with Gasteiger partial charge in [0.15, 0.2) is 6.29 Å². The van der Waals surface area contributed by atoms with Crippen molar-refractivity contribution in [2.45, 2.75) is 59.0 Å². The van der Waals surface area contributed by atoms with Gasteiger partial charge in [0.05, 0.1) is 11.2 Å². The van der Waals surface area contributed by atoms with Crippen LogP contribution in [0.1, 0.15) is 50.7 Å². The van der Waals surface area contributed by atoms with Crippen molar-refractivity contribution in [1.82, 2.24) is 0 Å². The Kier molecular flexibility index (Phi) is 2.83. The highest BCUT2D eigenvalue weighted by atomic mass is 16.7. The fraction of sp³-hybridized carbons (Fsp3) is 0.600. The third kappa shape index (κ3) is 2.24. The molecule has 2 heteroatoms. The zero-order valence-corrected chi connectivity index (χ0v) is 11.6. The first-order chi connectivity index (χ1) is 7.71. The third-order valence-corrected chi connectivity index (χ3v) is 3.77. The zero-order valence-electron chi connectivity index (χ0n) is 11.6. The van der Waals surface area contributed by atoms with Crippen LogP contribution in [0.4, 0.5) is 0 Å². The first-order valence-corrected chi connectivity index (χ1v) is 6.15. The molecule has 0 aromatic heterocycles. The van der Waals surface area contributed by atoms with E-state index in [0.717, 1.165) is 5.56 Å². The lowest BCUT2D eigenvalue weighted by molar-refractivity contribution is -0.0896. The van der Waals surface area contributed by atoms with Crippen molar-refractivity contribution in [2.75, 3.05) is 0 Å². The molecule has 2 rings (SSSR count). The van der Waals surface area contributed by atoms with E-state index in [1.54, 1.807) is 0 Å². The normalized spacial score (nSPS) is 22.9. The van der Waals surface area contributed by atoms with E-state index in [4.69, 9.17) is 9.47 Å². The molecule has 0 unspecified atom stereocenters. The zero-order chi connectivity index (χ0) is 12.8. The van der Waals surface area contributed by atoms with Crippen LogP contribution in [0.5, 0.6) is 0 Å². The molecule has 1 aromatic rings. The minimum absolute atomic E-state index is 0.251. The van der Waals surface area contributed by atoms with Gasteiger partial charge < -0.3 is 9.47 Å². The van der Waals surface area contributed by atoms with Crippen molar-refractivity contribution >= 4 is 0 Å². The van der Waals surface area contributed by atoms with E-state index in [1.807, 2.05) is 0 Å². The van der Waals surface area contributed by atoms with Crippen molar-refractivity contribution < 1.29 is 9.47 Å². The predicted octanol–water partition coefficient (Wildman–Crippen LogP) is 3.91. The minimum atomic E-state index is -0.269. The number of ether oxygens (including phenoxy) is 2. The molecule has 0 amide bonds. The van der Waals surface area contributed by atoms with E-state index in [2.05, 4.69) is 59.7 Å². The molecule has 1 aliphatic heterocycles. The lowest BCUT2D eigenvalue weighted by Crippen LogP contribution is -2.41. The molecule has 94 valence electrons. The molecular formula is C15H22O2. The van der Waals surface area contributed by atoms with E-state index in [0.29, 0.717) is 0 Å². The van der Waals surface area contributed by atoms with E-state index in [-0.39, 0.29) is 17.5 Å². The van der Waals surface area contributed by atoms with Crippen LogP contribution in [-0.2, 0) is 9.47 Å². The maximum atomic E-state index is 6.04. The van der Waals surface area contributed by atoms with Gasteiger partial charge >= 0.3 is 0 Å². The fourth-order valence-electron chi connectivity index (χ4n) is 2.13. The largest absolute Gasteiger partial charge is 0.339 e. The van der Waals surface area contributed by atoms with Crippen molar-refractivity contribution in [3.05, 3.63) is 34.9 Å². The second kappa shape index (κ2) is 3.82. The number of aryl methyl sites for hydroxylation is 2. The molecular weight excluding hydrogens is 212 g/mol. The van der Waals surface area contributed by atoms with Crippen molar-refractivity contribution in [3.8, 4) is 0 Å². The van der Waals surface area contributed by atoms with Crippen LogP contribution in [0.15, 0.2) is 18.2 Å². The summed E-state index contributed by atoms with van der Waals surface area (Å²) in [4.78, 5) is 0. The van der Waals surface area contributed by atoms with E-state index < -0.39 is 0 Å². The Bertz CT molecular complexity index is 396. The number of rotatable bonds is 1. The molecule has 1 heterocycles. The highest BCUT2D eigenvalue weighted by Gasteiger charge is 2.49. The molecule has 1 fully saturated rings. The molecule has 1 aliphatic rings. The van der Waals surface area contributed by atoms with Crippen molar-refractivity contribution in [3.63, 3.8) is 0 Å². The predicted molar refractivity (Wildman–Crippen MR) is 69.0 cm³/mol. The Balaban J connectivity index is 2.32. The summed E-state index contributed by atoms with van der Waals surface area (Å²) in [7, 11) is 0. The molecule has 0 spiro atoms. The summed E-state index contributed by atoms with van der Waals surface area (Å²) < 4.78 is 12.1. The molecule has 0 aliphatic carbocycles. The van der Waals surface area contributed by atoms with Gasteiger partial charge in [0.1, 0.15) is 0 Å². The standard InChI is InChI=1S/C15H22O2/c1-10-7-11(2)9-12(8-10)13-16-14(3,4)15(5,6)17-13/h7-9,13H,1-6H3. The Morgan fingerprint density at radius 1 is 0.824 bits per heavy atom. The van der Waals surface area contributed by atoms with Gasteiger partial charge in [0.2, 0.25) is 0 Å². The first kappa shape index (κ1) is 12.6. The summed E-state index contributed by atoms with van der Waals surface area (Å²) in [6.07, 6.45) is -0.251. The third-order valence-electron chi connectivity index (χ3n) is 3.77. The molecule has 0 N–H and O–H groups in total.